The van der Waals surface area contributed by atoms with E-state index in [4.69, 9.17) is 9.47 Å². The van der Waals surface area contributed by atoms with Gasteiger partial charge in [-0.2, -0.15) is 0 Å². The van der Waals surface area contributed by atoms with Crippen LogP contribution in [-0.4, -0.2) is 45.1 Å². The summed E-state index contributed by atoms with van der Waals surface area (Å²) in [6.07, 6.45) is 11.5. The highest BCUT2D eigenvalue weighted by Gasteiger charge is 2.19. The van der Waals surface area contributed by atoms with Crippen LogP contribution in [-0.2, 0) is 17.6 Å². The lowest BCUT2D eigenvalue weighted by atomic mass is 10.1. The van der Waals surface area contributed by atoms with Crippen molar-refractivity contribution in [2.45, 2.75) is 110 Å². The molecule has 1 amide bonds. The minimum Gasteiger partial charge on any atom is -0.616 e. The molecule has 2 rings (SSSR count). The first-order chi connectivity index (χ1) is 16.3. The van der Waals surface area contributed by atoms with Crippen molar-refractivity contribution < 1.29 is 18.8 Å². The summed E-state index contributed by atoms with van der Waals surface area (Å²) in [5.41, 5.74) is 1.17. The zero-order valence-corrected chi connectivity index (χ0v) is 23.7. The van der Waals surface area contributed by atoms with E-state index in [9.17, 15) is 9.35 Å². The summed E-state index contributed by atoms with van der Waals surface area (Å²) < 4.78 is 23.0. The van der Waals surface area contributed by atoms with E-state index in [1.165, 1.54) is 37.7 Å². The van der Waals surface area contributed by atoms with Crippen LogP contribution in [0.5, 0.6) is 11.5 Å². The van der Waals surface area contributed by atoms with E-state index in [1.807, 2.05) is 23.1 Å². The van der Waals surface area contributed by atoms with Crippen molar-refractivity contribution in [2.75, 3.05) is 19.1 Å². The number of fused-ring (bicyclic) bond motifs is 1. The van der Waals surface area contributed by atoms with Crippen LogP contribution >= 0.6 is 12.6 Å². The van der Waals surface area contributed by atoms with Crippen LogP contribution in [0.2, 0.25) is 0 Å². The van der Waals surface area contributed by atoms with Crippen molar-refractivity contribution in [3.8, 4) is 11.5 Å². The average Bonchev–Trinajstić information content (AvgIpc) is 3.29. The molecule has 0 N–H and O–H groups in total. The summed E-state index contributed by atoms with van der Waals surface area (Å²) >= 11 is 3.10. The third kappa shape index (κ3) is 12.1. The van der Waals surface area contributed by atoms with E-state index in [2.05, 4.69) is 47.2 Å². The normalized spacial score (nSPS) is 14.7. The molecule has 0 aromatic heterocycles. The van der Waals surface area contributed by atoms with E-state index in [0.29, 0.717) is 12.8 Å². The van der Waals surface area contributed by atoms with Gasteiger partial charge in [0.2, 0.25) is 6.79 Å². The molecule has 1 aromatic carbocycles. The fraction of sp³-hybridized carbons (Fsp3) is 0.741. The second kappa shape index (κ2) is 18.3. The number of hydrogen-bond donors (Lipinski definition) is 1. The van der Waals surface area contributed by atoms with Crippen molar-refractivity contribution in [2.24, 2.45) is 0 Å². The van der Waals surface area contributed by atoms with Gasteiger partial charge in [0.25, 0.3) is 5.24 Å². The van der Waals surface area contributed by atoms with Gasteiger partial charge in [0.1, 0.15) is 11.0 Å². The quantitative estimate of drug-likeness (QED) is 0.151. The molecule has 0 bridgehead atoms. The Balaban J connectivity index is 0.000000411. The fourth-order valence-corrected chi connectivity index (χ4v) is 5.34. The predicted molar refractivity (Wildman–Crippen MR) is 148 cm³/mol. The van der Waals surface area contributed by atoms with Crippen LogP contribution in [0, 0.1) is 0 Å². The standard InChI is InChI=1S/C18H28O3S.C9H19NOS/c1-3-4-5-6-7-8-11-22(19)15(2)12-16-9-10-17-18(13-16)21-14-20-17;1-4-6-7-10(9(11)12)8(3)5-2/h9-10,13,15H,3-8,11-12,14H2,1-2H3;8H,4-7H2,1-3H3,(H,11,12). The number of hydrogen-bond acceptors (Lipinski definition) is 4. The van der Waals surface area contributed by atoms with E-state index in [0.717, 1.165) is 55.9 Å². The predicted octanol–water partition coefficient (Wildman–Crippen LogP) is 7.39. The Kier molecular flexibility index (Phi) is 16.6. The average molecular weight is 514 g/mol. The van der Waals surface area contributed by atoms with Gasteiger partial charge in [-0.15, -0.1) is 0 Å². The van der Waals surface area contributed by atoms with Gasteiger partial charge in [-0.1, -0.05) is 82.7 Å². The van der Waals surface area contributed by atoms with Crippen LogP contribution in [0.15, 0.2) is 18.2 Å². The summed E-state index contributed by atoms with van der Waals surface area (Å²) in [6.45, 7) is 11.7. The number of rotatable bonds is 15. The Labute approximate surface area is 216 Å². The molecule has 1 aliphatic heterocycles. The van der Waals surface area contributed by atoms with Gasteiger partial charge in [-0.3, -0.25) is 4.79 Å². The molecule has 1 aromatic rings. The molecule has 3 unspecified atom stereocenters. The molecule has 0 aliphatic carbocycles. The Morgan fingerprint density at radius 2 is 1.68 bits per heavy atom. The first-order valence-corrected chi connectivity index (χ1v) is 14.9. The molecule has 1 heterocycles. The topological polar surface area (TPSA) is 61.8 Å². The number of amides is 1. The maximum absolute atomic E-state index is 12.3. The van der Waals surface area contributed by atoms with E-state index in [-0.39, 0.29) is 10.5 Å². The third-order valence-corrected chi connectivity index (χ3v) is 8.24. The summed E-state index contributed by atoms with van der Waals surface area (Å²) in [7, 11) is 0. The van der Waals surface area contributed by atoms with Crippen molar-refractivity contribution in [1.29, 1.82) is 0 Å². The lowest BCUT2D eigenvalue weighted by molar-refractivity contribution is 0.174. The van der Waals surface area contributed by atoms with Gasteiger partial charge in [-0.05, 0) is 57.2 Å². The van der Waals surface area contributed by atoms with Gasteiger partial charge >= 0.3 is 0 Å². The molecule has 34 heavy (non-hydrogen) atoms. The highest BCUT2D eigenvalue weighted by Crippen LogP contribution is 2.33. The first-order valence-electron chi connectivity index (χ1n) is 13.1. The summed E-state index contributed by atoms with van der Waals surface area (Å²) in [5.74, 6) is 2.45. The van der Waals surface area contributed by atoms with Crippen LogP contribution in [0.3, 0.4) is 0 Å². The largest absolute Gasteiger partial charge is 0.616 e. The van der Waals surface area contributed by atoms with E-state index < -0.39 is 11.2 Å². The van der Waals surface area contributed by atoms with E-state index >= 15 is 0 Å². The van der Waals surface area contributed by atoms with Crippen LogP contribution in [0.25, 0.3) is 0 Å². The summed E-state index contributed by atoms with van der Waals surface area (Å²) in [5, 5.41) is 0.0915. The van der Waals surface area contributed by atoms with Crippen molar-refractivity contribution in [3.05, 3.63) is 23.8 Å². The highest BCUT2D eigenvalue weighted by atomic mass is 32.2. The van der Waals surface area contributed by atoms with E-state index in [1.54, 1.807) is 0 Å². The molecule has 196 valence electrons. The number of ether oxygens (including phenoxy) is 2. The maximum atomic E-state index is 12.3. The Morgan fingerprint density at radius 1 is 1.03 bits per heavy atom. The molecule has 0 spiro atoms. The zero-order chi connectivity index (χ0) is 25.3. The summed E-state index contributed by atoms with van der Waals surface area (Å²) in [4.78, 5) is 12.9. The number of benzene rings is 1. The number of carbonyl (C=O) groups excluding carboxylic acids is 1. The number of thiol groups is 1. The zero-order valence-electron chi connectivity index (χ0n) is 22.0. The molecule has 5 nitrogen and oxygen atoms in total. The smallest absolute Gasteiger partial charge is 0.278 e. The molecule has 0 fully saturated rings. The van der Waals surface area contributed by atoms with Crippen molar-refractivity contribution in [1.82, 2.24) is 4.90 Å². The van der Waals surface area contributed by atoms with Gasteiger partial charge in [0, 0.05) is 19.0 Å². The second-order valence-corrected chi connectivity index (χ2v) is 11.5. The SMILES string of the molecule is CCCCCCCC[S+]([O-])C(C)Cc1ccc2c(c1)OCO2.CCCCN(C(=O)S)C(C)CC. The highest BCUT2D eigenvalue weighted by molar-refractivity contribution is 7.96. The third-order valence-electron chi connectivity index (χ3n) is 6.23. The second-order valence-electron chi connectivity index (χ2n) is 9.14. The van der Waals surface area contributed by atoms with Crippen molar-refractivity contribution in [3.63, 3.8) is 0 Å². The Hall–Kier alpha value is -1.05. The Bertz CT molecular complexity index is 689. The minimum atomic E-state index is -0.743. The lowest BCUT2D eigenvalue weighted by Gasteiger charge is -2.26. The first kappa shape index (κ1) is 31.0. The molecule has 7 heteroatoms. The molecule has 3 atom stereocenters. The van der Waals surface area contributed by atoms with Gasteiger partial charge < -0.3 is 18.9 Å². The monoisotopic (exact) mass is 513 g/mol. The van der Waals surface area contributed by atoms with Crippen LogP contribution in [0.1, 0.15) is 98.0 Å². The number of nitrogens with zero attached hydrogens (tertiary/aromatic N) is 1. The molecule has 0 radical (unpaired) electrons. The molecular formula is C27H47NO4S2. The van der Waals surface area contributed by atoms with Gasteiger partial charge in [-0.25, -0.2) is 0 Å². The Morgan fingerprint density at radius 3 is 2.32 bits per heavy atom. The van der Waals surface area contributed by atoms with Crippen molar-refractivity contribution >= 4 is 29.0 Å². The fourth-order valence-electron chi connectivity index (χ4n) is 3.77. The lowest BCUT2D eigenvalue weighted by Crippen LogP contribution is -2.35. The number of carbonyl (C=O) groups is 1. The summed E-state index contributed by atoms with van der Waals surface area (Å²) in [6, 6.07) is 6.33. The molecular weight excluding hydrogens is 466 g/mol. The molecule has 0 saturated heterocycles. The van der Waals surface area contributed by atoms with Crippen LogP contribution in [0.4, 0.5) is 4.79 Å². The minimum absolute atomic E-state index is 0.0993. The maximum Gasteiger partial charge on any atom is 0.278 e. The number of unbranched alkanes of at least 4 members (excludes halogenated alkanes) is 6. The molecule has 0 saturated carbocycles. The van der Waals surface area contributed by atoms with Gasteiger partial charge in [0.15, 0.2) is 11.5 Å². The van der Waals surface area contributed by atoms with Gasteiger partial charge in [0.05, 0.1) is 0 Å². The van der Waals surface area contributed by atoms with Crippen LogP contribution < -0.4 is 9.47 Å². The molecule has 1 aliphatic rings.